The first-order valence-electron chi connectivity index (χ1n) is 9.42. The highest BCUT2D eigenvalue weighted by Gasteiger charge is 2.38. The Morgan fingerprint density at radius 2 is 1.93 bits per heavy atom. The van der Waals surface area contributed by atoms with E-state index >= 15 is 0 Å². The van der Waals surface area contributed by atoms with Crippen molar-refractivity contribution in [2.45, 2.75) is 51.9 Å². The van der Waals surface area contributed by atoms with Crippen LogP contribution in [-0.4, -0.2) is 31.7 Å². The van der Waals surface area contributed by atoms with Gasteiger partial charge in [-0.2, -0.15) is 0 Å². The predicted octanol–water partition coefficient (Wildman–Crippen LogP) is 4.93. The van der Waals surface area contributed by atoms with Crippen molar-refractivity contribution in [1.29, 1.82) is 0 Å². The molecule has 1 aliphatic heterocycles. The van der Waals surface area contributed by atoms with Gasteiger partial charge in [-0.1, -0.05) is 50.3 Å². The first-order valence-corrected chi connectivity index (χ1v) is 13.5. The first-order chi connectivity index (χ1) is 13.0. The van der Waals surface area contributed by atoms with Crippen LogP contribution in [0.1, 0.15) is 31.7 Å². The fourth-order valence-corrected chi connectivity index (χ4v) is 4.16. The van der Waals surface area contributed by atoms with Crippen LogP contribution in [0.3, 0.4) is 0 Å². The summed E-state index contributed by atoms with van der Waals surface area (Å²) >= 11 is 6.15. The Bertz CT molecular complexity index is 839. The predicted molar refractivity (Wildman–Crippen MR) is 114 cm³/mol. The van der Waals surface area contributed by atoms with Gasteiger partial charge in [-0.3, -0.25) is 0 Å². The van der Waals surface area contributed by atoms with Crippen LogP contribution in [0.4, 0.5) is 0 Å². The highest BCUT2D eigenvalue weighted by Crippen LogP contribution is 2.40. The van der Waals surface area contributed by atoms with Gasteiger partial charge in [0.25, 0.3) is 0 Å². The van der Waals surface area contributed by atoms with E-state index in [1.54, 1.807) is 31.2 Å². The topological polar surface area (TPSA) is 75.6 Å². The summed E-state index contributed by atoms with van der Waals surface area (Å²) < 4.78 is 5.58. The lowest BCUT2D eigenvalue weighted by Gasteiger charge is -2.31. The molecule has 0 spiro atoms. The van der Waals surface area contributed by atoms with Gasteiger partial charge in [0, 0.05) is 24.5 Å². The van der Waals surface area contributed by atoms with Crippen LogP contribution in [0, 0.1) is 0 Å². The molecule has 1 unspecified atom stereocenters. The van der Waals surface area contributed by atoms with Gasteiger partial charge in [0.2, 0.25) is 0 Å². The molecule has 1 atom stereocenters. The second kappa shape index (κ2) is 8.96. The van der Waals surface area contributed by atoms with Crippen molar-refractivity contribution >= 4 is 31.6 Å². The summed E-state index contributed by atoms with van der Waals surface area (Å²) in [6.45, 7) is 10.6. The van der Waals surface area contributed by atoms with Gasteiger partial charge < -0.3 is 15.2 Å². The van der Waals surface area contributed by atoms with E-state index in [0.29, 0.717) is 40.6 Å². The summed E-state index contributed by atoms with van der Waals surface area (Å²) in [5.41, 5.74) is 2.35. The molecule has 0 aliphatic carbocycles. The minimum Gasteiger partial charge on any atom is -0.478 e. The number of ether oxygens (including phenoxy) is 1. The van der Waals surface area contributed by atoms with E-state index in [9.17, 15) is 14.7 Å². The van der Waals surface area contributed by atoms with E-state index in [0.717, 1.165) is 6.04 Å². The lowest BCUT2D eigenvalue weighted by Crippen LogP contribution is -2.33. The van der Waals surface area contributed by atoms with Crippen molar-refractivity contribution in [3.63, 3.8) is 0 Å². The van der Waals surface area contributed by atoms with Crippen molar-refractivity contribution in [2.24, 2.45) is 0 Å². The zero-order chi connectivity index (χ0) is 21.1. The Labute approximate surface area is 172 Å². The van der Waals surface area contributed by atoms with Gasteiger partial charge in [-0.15, -0.1) is 0 Å². The van der Waals surface area contributed by atoms with Crippen LogP contribution in [0.2, 0.25) is 30.7 Å². The summed E-state index contributed by atoms with van der Waals surface area (Å²) in [7, 11) is -1.36. The Balaban J connectivity index is 2.50. The third kappa shape index (κ3) is 5.26. The fraction of sp³-hybridized carbons (Fsp3) is 0.429. The zero-order valence-corrected chi connectivity index (χ0v) is 18.8. The second-order valence-corrected chi connectivity index (χ2v) is 14.2. The molecule has 0 amide bonds. The summed E-state index contributed by atoms with van der Waals surface area (Å²) in [5.74, 6) is -2.27. The van der Waals surface area contributed by atoms with Gasteiger partial charge >= 0.3 is 11.9 Å². The SMILES string of the molecule is CCC1=C(C(=O)OCC[Si](C)(C)C)C(c2cccc(Cl)c2)C(C(=O)O)=C(C)N1. The number of benzene rings is 1. The second-order valence-electron chi connectivity index (χ2n) is 8.15. The van der Waals surface area contributed by atoms with Crippen LogP contribution in [0.5, 0.6) is 0 Å². The molecule has 1 aliphatic rings. The Morgan fingerprint density at radius 3 is 2.46 bits per heavy atom. The molecule has 7 heteroatoms. The number of hydrogen-bond donors (Lipinski definition) is 2. The maximum Gasteiger partial charge on any atom is 0.336 e. The molecule has 1 aromatic rings. The number of rotatable bonds is 7. The van der Waals surface area contributed by atoms with E-state index in [-0.39, 0.29) is 5.57 Å². The molecule has 152 valence electrons. The third-order valence-electron chi connectivity index (χ3n) is 4.72. The molecule has 0 aromatic heterocycles. The zero-order valence-electron chi connectivity index (χ0n) is 17.1. The first kappa shape index (κ1) is 22.2. The van der Waals surface area contributed by atoms with E-state index in [4.69, 9.17) is 16.3 Å². The number of nitrogens with one attached hydrogen (secondary N) is 1. The molecule has 0 fully saturated rings. The third-order valence-corrected chi connectivity index (χ3v) is 6.66. The van der Waals surface area contributed by atoms with Crippen LogP contribution >= 0.6 is 11.6 Å². The quantitative estimate of drug-likeness (QED) is 0.482. The van der Waals surface area contributed by atoms with E-state index in [1.807, 2.05) is 6.92 Å². The number of carboxylic acid groups (broad SMARTS) is 1. The summed E-state index contributed by atoms with van der Waals surface area (Å²) in [5, 5.41) is 13.4. The van der Waals surface area contributed by atoms with Crippen molar-refractivity contribution in [2.75, 3.05) is 6.61 Å². The standard InChI is InChI=1S/C21H28ClNO4Si/c1-6-16-19(21(26)27-10-11-28(3,4)5)18(14-8-7-9-15(22)12-14)17(20(24)25)13(2)23-16/h7-9,12,18,23H,6,10-11H2,1-5H3,(H,24,25). The molecule has 0 radical (unpaired) electrons. The number of allylic oxidation sites excluding steroid dienone is 2. The monoisotopic (exact) mass is 421 g/mol. The number of dihydropyridines is 1. The molecule has 28 heavy (non-hydrogen) atoms. The number of carboxylic acids is 1. The van der Waals surface area contributed by atoms with Gasteiger partial charge in [0.15, 0.2) is 0 Å². The number of esters is 1. The van der Waals surface area contributed by atoms with Crippen LogP contribution < -0.4 is 5.32 Å². The molecule has 0 bridgehead atoms. The van der Waals surface area contributed by atoms with Gasteiger partial charge in [-0.05, 0) is 37.1 Å². The maximum absolute atomic E-state index is 13.0. The van der Waals surface area contributed by atoms with Crippen molar-refractivity contribution < 1.29 is 19.4 Å². The molecular weight excluding hydrogens is 394 g/mol. The van der Waals surface area contributed by atoms with Gasteiger partial charge in [0.1, 0.15) is 0 Å². The number of hydrogen-bond acceptors (Lipinski definition) is 4. The molecule has 2 rings (SSSR count). The fourth-order valence-electron chi connectivity index (χ4n) is 3.25. The average Bonchev–Trinajstić information content (AvgIpc) is 2.58. The smallest absolute Gasteiger partial charge is 0.336 e. The van der Waals surface area contributed by atoms with Crippen molar-refractivity contribution in [1.82, 2.24) is 5.32 Å². The Morgan fingerprint density at radius 1 is 1.25 bits per heavy atom. The number of carbonyl (C=O) groups is 2. The average molecular weight is 422 g/mol. The minimum atomic E-state index is -1.36. The normalized spacial score (nSPS) is 17.4. The highest BCUT2D eigenvalue weighted by molar-refractivity contribution is 6.76. The molecule has 0 saturated carbocycles. The maximum atomic E-state index is 13.0. The molecule has 2 N–H and O–H groups in total. The Hall–Kier alpha value is -2.05. The summed E-state index contributed by atoms with van der Waals surface area (Å²) in [4.78, 5) is 25.1. The van der Waals surface area contributed by atoms with Crippen molar-refractivity contribution in [3.05, 3.63) is 57.4 Å². The van der Waals surface area contributed by atoms with E-state index < -0.39 is 25.9 Å². The Kier molecular flexibility index (Phi) is 7.12. The minimum absolute atomic E-state index is 0.136. The largest absolute Gasteiger partial charge is 0.478 e. The molecule has 1 heterocycles. The van der Waals surface area contributed by atoms with Crippen LogP contribution in [-0.2, 0) is 14.3 Å². The number of carbonyl (C=O) groups excluding carboxylic acids is 1. The van der Waals surface area contributed by atoms with E-state index in [1.165, 1.54) is 0 Å². The lowest BCUT2D eigenvalue weighted by atomic mass is 9.80. The molecule has 5 nitrogen and oxygen atoms in total. The molecular formula is C21H28ClNO4Si. The van der Waals surface area contributed by atoms with Gasteiger partial charge in [0.05, 0.1) is 23.7 Å². The van der Waals surface area contributed by atoms with Gasteiger partial charge in [-0.25, -0.2) is 9.59 Å². The summed E-state index contributed by atoms with van der Waals surface area (Å²) in [6, 6.07) is 7.83. The van der Waals surface area contributed by atoms with Crippen molar-refractivity contribution in [3.8, 4) is 0 Å². The van der Waals surface area contributed by atoms with E-state index in [2.05, 4.69) is 25.0 Å². The summed E-state index contributed by atoms with van der Waals surface area (Å²) in [6.07, 6.45) is 0.555. The highest BCUT2D eigenvalue weighted by atomic mass is 35.5. The van der Waals surface area contributed by atoms with Crippen LogP contribution in [0.25, 0.3) is 0 Å². The number of aliphatic carboxylic acids is 1. The van der Waals surface area contributed by atoms with Crippen LogP contribution in [0.15, 0.2) is 46.8 Å². The number of halogens is 1. The molecule has 0 saturated heterocycles. The lowest BCUT2D eigenvalue weighted by molar-refractivity contribution is -0.139. The molecule has 1 aromatic carbocycles.